The molecule has 1 fully saturated rings. The van der Waals surface area contributed by atoms with Gasteiger partial charge in [-0.3, -0.25) is 9.69 Å². The molecule has 0 aromatic heterocycles. The quantitative estimate of drug-likeness (QED) is 0.863. The van der Waals surface area contributed by atoms with Crippen molar-refractivity contribution in [1.29, 1.82) is 0 Å². The first-order valence-corrected chi connectivity index (χ1v) is 8.07. The first-order valence-electron chi connectivity index (χ1n) is 8.07. The van der Waals surface area contributed by atoms with Gasteiger partial charge in [-0.1, -0.05) is 50.6 Å². The molecule has 1 saturated heterocycles. The van der Waals surface area contributed by atoms with Crippen LogP contribution in [-0.2, 0) is 10.3 Å². The van der Waals surface area contributed by atoms with Gasteiger partial charge < -0.3 is 5.11 Å². The second-order valence-electron chi connectivity index (χ2n) is 6.61. The first-order chi connectivity index (χ1) is 10.0. The Morgan fingerprint density at radius 1 is 1.19 bits per heavy atom. The van der Waals surface area contributed by atoms with E-state index in [1.807, 2.05) is 18.2 Å². The Labute approximate surface area is 128 Å². The number of piperidine rings is 1. The van der Waals surface area contributed by atoms with Gasteiger partial charge in [0.25, 0.3) is 0 Å². The molecule has 1 aromatic rings. The molecule has 21 heavy (non-hydrogen) atoms. The van der Waals surface area contributed by atoms with E-state index in [1.54, 1.807) is 0 Å². The maximum Gasteiger partial charge on any atom is 0.305 e. The minimum absolute atomic E-state index is 0.190. The summed E-state index contributed by atoms with van der Waals surface area (Å²) in [5.74, 6) is -0.239. The fourth-order valence-electron chi connectivity index (χ4n) is 3.71. The molecular formula is C18H27NO2. The van der Waals surface area contributed by atoms with Gasteiger partial charge in [-0.05, 0) is 43.8 Å². The van der Waals surface area contributed by atoms with Crippen LogP contribution in [0.2, 0.25) is 0 Å². The third kappa shape index (κ3) is 3.85. The van der Waals surface area contributed by atoms with E-state index in [2.05, 4.69) is 30.9 Å². The maximum atomic E-state index is 11.6. The molecule has 1 aliphatic rings. The molecule has 1 N–H and O–H groups in total. The lowest BCUT2D eigenvalue weighted by atomic mass is 9.77. The fraction of sp³-hybridized carbons (Fsp3) is 0.611. The Bertz CT molecular complexity index is 452. The SMILES string of the molecule is CC(C)CC(CC(=O)O)(c1ccccc1)N1CCCCC1. The van der Waals surface area contributed by atoms with Crippen LogP contribution >= 0.6 is 0 Å². The average molecular weight is 289 g/mol. The zero-order valence-corrected chi connectivity index (χ0v) is 13.2. The summed E-state index contributed by atoms with van der Waals surface area (Å²) >= 11 is 0. The third-order valence-electron chi connectivity index (χ3n) is 4.46. The van der Waals surface area contributed by atoms with Crippen LogP contribution in [0.1, 0.15) is 51.5 Å². The molecule has 1 unspecified atom stereocenters. The predicted octanol–water partition coefficient (Wildman–Crippen LogP) is 3.89. The Kier molecular flexibility index (Phi) is 5.40. The Hall–Kier alpha value is -1.35. The van der Waals surface area contributed by atoms with E-state index in [4.69, 9.17) is 0 Å². The van der Waals surface area contributed by atoms with Crippen LogP contribution in [0.15, 0.2) is 30.3 Å². The van der Waals surface area contributed by atoms with Crippen molar-refractivity contribution in [1.82, 2.24) is 4.90 Å². The van der Waals surface area contributed by atoms with Gasteiger partial charge in [0.2, 0.25) is 0 Å². The smallest absolute Gasteiger partial charge is 0.305 e. The largest absolute Gasteiger partial charge is 0.481 e. The van der Waals surface area contributed by atoms with Gasteiger partial charge >= 0.3 is 5.97 Å². The van der Waals surface area contributed by atoms with Crippen molar-refractivity contribution >= 4 is 5.97 Å². The highest BCUT2D eigenvalue weighted by Crippen LogP contribution is 2.40. The minimum Gasteiger partial charge on any atom is -0.481 e. The lowest BCUT2D eigenvalue weighted by Crippen LogP contribution is -2.50. The summed E-state index contributed by atoms with van der Waals surface area (Å²) < 4.78 is 0. The molecule has 0 saturated carbocycles. The number of carboxylic acid groups (broad SMARTS) is 1. The van der Waals surface area contributed by atoms with E-state index in [1.165, 1.54) is 19.3 Å². The lowest BCUT2D eigenvalue weighted by Gasteiger charge is -2.46. The molecule has 116 valence electrons. The third-order valence-corrected chi connectivity index (χ3v) is 4.46. The second kappa shape index (κ2) is 7.08. The molecule has 3 nitrogen and oxygen atoms in total. The van der Waals surface area contributed by atoms with E-state index in [0.717, 1.165) is 25.1 Å². The predicted molar refractivity (Wildman–Crippen MR) is 85.3 cm³/mol. The lowest BCUT2D eigenvalue weighted by molar-refractivity contribution is -0.141. The van der Waals surface area contributed by atoms with Crippen molar-refractivity contribution < 1.29 is 9.90 Å². The number of aliphatic carboxylic acids is 1. The van der Waals surface area contributed by atoms with Crippen molar-refractivity contribution in [3.8, 4) is 0 Å². The van der Waals surface area contributed by atoms with Gasteiger partial charge in [-0.15, -0.1) is 0 Å². The molecule has 1 heterocycles. The average Bonchev–Trinajstić information content (AvgIpc) is 2.47. The molecule has 1 aliphatic heterocycles. The summed E-state index contributed by atoms with van der Waals surface area (Å²) in [6, 6.07) is 10.2. The summed E-state index contributed by atoms with van der Waals surface area (Å²) in [5.41, 5.74) is 0.796. The van der Waals surface area contributed by atoms with Crippen LogP contribution in [0.4, 0.5) is 0 Å². The van der Waals surface area contributed by atoms with Crippen molar-refractivity contribution in [2.24, 2.45) is 5.92 Å². The number of carboxylic acids is 1. The number of benzene rings is 1. The van der Waals surface area contributed by atoms with Crippen LogP contribution in [0, 0.1) is 5.92 Å². The maximum absolute atomic E-state index is 11.6. The Morgan fingerprint density at radius 3 is 2.33 bits per heavy atom. The summed E-state index contributed by atoms with van der Waals surface area (Å²) in [5, 5.41) is 9.53. The number of rotatable bonds is 6. The molecule has 1 atom stereocenters. The van der Waals surface area contributed by atoms with E-state index in [0.29, 0.717) is 5.92 Å². The Balaban J connectivity index is 2.43. The minimum atomic E-state index is -0.704. The van der Waals surface area contributed by atoms with Crippen LogP contribution in [0.5, 0.6) is 0 Å². The number of likely N-dealkylation sites (tertiary alicyclic amines) is 1. The highest BCUT2D eigenvalue weighted by molar-refractivity contribution is 5.69. The normalized spacial score (nSPS) is 19.4. The van der Waals surface area contributed by atoms with E-state index in [9.17, 15) is 9.90 Å². The molecule has 2 rings (SSSR count). The van der Waals surface area contributed by atoms with E-state index < -0.39 is 5.97 Å². The van der Waals surface area contributed by atoms with Gasteiger partial charge in [-0.2, -0.15) is 0 Å². The molecular weight excluding hydrogens is 262 g/mol. The number of nitrogens with zero attached hydrogens (tertiary/aromatic N) is 1. The summed E-state index contributed by atoms with van der Waals surface area (Å²) in [6.45, 7) is 6.39. The standard InChI is InChI=1S/C18H27NO2/c1-15(2)13-18(14-17(20)21,16-9-5-3-6-10-16)19-11-7-4-8-12-19/h3,5-6,9-10,15H,4,7-8,11-14H2,1-2H3,(H,20,21). The first kappa shape index (κ1) is 16.0. The summed E-state index contributed by atoms with van der Waals surface area (Å²) in [6.07, 6.45) is 4.69. The molecule has 3 heteroatoms. The molecule has 0 aliphatic carbocycles. The van der Waals surface area contributed by atoms with Gasteiger partial charge in [0.1, 0.15) is 0 Å². The van der Waals surface area contributed by atoms with Crippen molar-refractivity contribution in [2.45, 2.75) is 51.5 Å². The molecule has 0 bridgehead atoms. The number of hydrogen-bond acceptors (Lipinski definition) is 2. The van der Waals surface area contributed by atoms with E-state index in [-0.39, 0.29) is 12.0 Å². The number of carbonyl (C=O) groups is 1. The van der Waals surface area contributed by atoms with Crippen LogP contribution in [-0.4, -0.2) is 29.1 Å². The van der Waals surface area contributed by atoms with E-state index >= 15 is 0 Å². The zero-order chi connectivity index (χ0) is 15.3. The summed E-state index contributed by atoms with van der Waals surface area (Å²) in [4.78, 5) is 14.0. The van der Waals surface area contributed by atoms with Crippen molar-refractivity contribution in [3.63, 3.8) is 0 Å². The molecule has 0 spiro atoms. The monoisotopic (exact) mass is 289 g/mol. The Morgan fingerprint density at radius 2 is 1.81 bits per heavy atom. The highest BCUT2D eigenvalue weighted by atomic mass is 16.4. The van der Waals surface area contributed by atoms with Gasteiger partial charge in [0.05, 0.1) is 12.0 Å². The van der Waals surface area contributed by atoms with Gasteiger partial charge in [0, 0.05) is 0 Å². The molecule has 1 aromatic carbocycles. The topological polar surface area (TPSA) is 40.5 Å². The molecule has 0 radical (unpaired) electrons. The van der Waals surface area contributed by atoms with Crippen LogP contribution < -0.4 is 0 Å². The second-order valence-corrected chi connectivity index (χ2v) is 6.61. The van der Waals surface area contributed by atoms with Gasteiger partial charge in [-0.25, -0.2) is 0 Å². The van der Waals surface area contributed by atoms with Gasteiger partial charge in [0.15, 0.2) is 0 Å². The van der Waals surface area contributed by atoms with Crippen LogP contribution in [0.3, 0.4) is 0 Å². The fourth-order valence-corrected chi connectivity index (χ4v) is 3.71. The summed E-state index contributed by atoms with van der Waals surface area (Å²) in [7, 11) is 0. The number of hydrogen-bond donors (Lipinski definition) is 1. The zero-order valence-electron chi connectivity index (χ0n) is 13.2. The van der Waals surface area contributed by atoms with Crippen molar-refractivity contribution in [2.75, 3.05) is 13.1 Å². The highest BCUT2D eigenvalue weighted by Gasteiger charge is 2.41. The van der Waals surface area contributed by atoms with Crippen LogP contribution in [0.25, 0.3) is 0 Å². The van der Waals surface area contributed by atoms with Crippen molar-refractivity contribution in [3.05, 3.63) is 35.9 Å². The molecule has 0 amide bonds.